The molecule has 0 atom stereocenters. The van der Waals surface area contributed by atoms with Crippen LogP contribution in [0.2, 0.25) is 0 Å². The first-order valence-electron chi connectivity index (χ1n) is 8.38. The summed E-state index contributed by atoms with van der Waals surface area (Å²) in [6.45, 7) is 7.52. The maximum absolute atomic E-state index is 12.3. The van der Waals surface area contributed by atoms with Gasteiger partial charge in [-0.15, -0.1) is 11.3 Å². The molecule has 2 heterocycles. The molecule has 0 aromatic carbocycles. The molecule has 0 bridgehead atoms. The Labute approximate surface area is 146 Å². The number of ether oxygens (including phenoxy) is 1. The number of likely N-dealkylation sites (tertiary alicyclic amines) is 1. The highest BCUT2D eigenvalue weighted by Gasteiger charge is 2.26. The van der Waals surface area contributed by atoms with E-state index in [0.29, 0.717) is 27.5 Å². The topological polar surface area (TPSA) is 76.9 Å². The zero-order valence-electron chi connectivity index (χ0n) is 14.5. The Balaban J connectivity index is 2.18. The van der Waals surface area contributed by atoms with Gasteiger partial charge in [-0.1, -0.05) is 0 Å². The molecule has 0 unspecified atom stereocenters. The summed E-state index contributed by atoms with van der Waals surface area (Å²) in [5.41, 5.74) is 0.876. The van der Waals surface area contributed by atoms with Gasteiger partial charge in [0.05, 0.1) is 30.1 Å². The third-order valence-corrected chi connectivity index (χ3v) is 5.48. The van der Waals surface area contributed by atoms with Crippen molar-refractivity contribution in [2.75, 3.05) is 31.6 Å². The van der Waals surface area contributed by atoms with Crippen LogP contribution in [0.4, 0.5) is 5.00 Å². The Morgan fingerprint density at radius 2 is 1.88 bits per heavy atom. The van der Waals surface area contributed by atoms with Crippen molar-refractivity contribution < 1.29 is 24.0 Å². The molecule has 1 saturated heterocycles. The van der Waals surface area contributed by atoms with Crippen LogP contribution in [0.25, 0.3) is 0 Å². The highest BCUT2D eigenvalue weighted by Crippen LogP contribution is 2.34. The van der Waals surface area contributed by atoms with Crippen LogP contribution >= 0.6 is 11.3 Å². The smallest absolute Gasteiger partial charge is 0.341 e. The maximum atomic E-state index is 12.3. The van der Waals surface area contributed by atoms with Crippen LogP contribution in [-0.2, 0) is 9.53 Å². The van der Waals surface area contributed by atoms with Crippen molar-refractivity contribution in [3.05, 3.63) is 16.0 Å². The molecule has 0 saturated carbocycles. The molecule has 0 spiro atoms. The summed E-state index contributed by atoms with van der Waals surface area (Å²) in [5, 5.41) is 3.23. The number of esters is 1. The minimum absolute atomic E-state index is 0.120. The number of ketones is 1. The van der Waals surface area contributed by atoms with Gasteiger partial charge in [-0.25, -0.2) is 4.79 Å². The number of quaternary nitrogens is 1. The van der Waals surface area contributed by atoms with Gasteiger partial charge in [0, 0.05) is 0 Å². The van der Waals surface area contributed by atoms with Crippen LogP contribution in [0, 0.1) is 6.92 Å². The number of hydrogen-bond donors (Lipinski definition) is 2. The van der Waals surface area contributed by atoms with Crippen molar-refractivity contribution in [3.8, 4) is 0 Å². The molecular weight excluding hydrogens is 328 g/mol. The normalized spacial score (nSPS) is 15.1. The number of hydrogen-bond acceptors (Lipinski definition) is 5. The molecule has 0 radical (unpaired) electrons. The molecule has 1 aliphatic rings. The molecule has 6 nitrogen and oxygen atoms in total. The average Bonchev–Trinajstić information content (AvgIpc) is 2.85. The van der Waals surface area contributed by atoms with E-state index in [0.717, 1.165) is 37.3 Å². The molecule has 2 rings (SSSR count). The van der Waals surface area contributed by atoms with Crippen LogP contribution in [0.5, 0.6) is 0 Å². The highest BCUT2D eigenvalue weighted by atomic mass is 32.1. The first-order chi connectivity index (χ1) is 11.4. The van der Waals surface area contributed by atoms with Gasteiger partial charge in [0.25, 0.3) is 5.91 Å². The van der Waals surface area contributed by atoms with Crippen molar-refractivity contribution in [3.63, 3.8) is 0 Å². The minimum Gasteiger partial charge on any atom is -0.462 e. The fourth-order valence-electron chi connectivity index (χ4n) is 3.01. The average molecular weight is 353 g/mol. The van der Waals surface area contributed by atoms with E-state index in [2.05, 4.69) is 5.32 Å². The number of anilines is 1. The largest absolute Gasteiger partial charge is 0.462 e. The maximum Gasteiger partial charge on any atom is 0.341 e. The van der Waals surface area contributed by atoms with Gasteiger partial charge >= 0.3 is 5.97 Å². The Morgan fingerprint density at radius 1 is 1.21 bits per heavy atom. The summed E-state index contributed by atoms with van der Waals surface area (Å²) in [6.07, 6.45) is 3.51. The summed E-state index contributed by atoms with van der Waals surface area (Å²) >= 11 is 1.15. The number of piperidine rings is 1. The molecule has 2 N–H and O–H groups in total. The number of carbonyl (C=O) groups is 3. The summed E-state index contributed by atoms with van der Waals surface area (Å²) < 4.78 is 5.07. The predicted octanol–water partition coefficient (Wildman–Crippen LogP) is 1.44. The van der Waals surface area contributed by atoms with E-state index in [1.54, 1.807) is 13.8 Å². The fourth-order valence-corrected chi connectivity index (χ4v) is 4.12. The van der Waals surface area contributed by atoms with E-state index < -0.39 is 5.97 Å². The van der Waals surface area contributed by atoms with Gasteiger partial charge in [-0.2, -0.15) is 0 Å². The van der Waals surface area contributed by atoms with E-state index in [-0.39, 0.29) is 18.3 Å². The van der Waals surface area contributed by atoms with Crippen molar-refractivity contribution in [1.82, 2.24) is 0 Å². The quantitative estimate of drug-likeness (QED) is 0.599. The van der Waals surface area contributed by atoms with Crippen LogP contribution < -0.4 is 10.2 Å². The first kappa shape index (κ1) is 18.6. The van der Waals surface area contributed by atoms with E-state index >= 15 is 0 Å². The number of thiophene rings is 1. The van der Waals surface area contributed by atoms with Gasteiger partial charge in [0.15, 0.2) is 12.3 Å². The second kappa shape index (κ2) is 8.39. The molecule has 1 amide bonds. The third kappa shape index (κ3) is 4.42. The number of Topliss-reactive ketones (excluding diaryl/α,β-unsaturated/α-hetero) is 1. The van der Waals surface area contributed by atoms with Gasteiger partial charge in [-0.3, -0.25) is 9.59 Å². The van der Waals surface area contributed by atoms with E-state index in [9.17, 15) is 14.4 Å². The van der Waals surface area contributed by atoms with Crippen LogP contribution in [0.15, 0.2) is 0 Å². The monoisotopic (exact) mass is 353 g/mol. The second-order valence-electron chi connectivity index (χ2n) is 6.07. The standard InChI is InChI=1S/C17H24N2O4S/c1-4-23-17(22)14-11(2)15(12(3)20)24-16(14)18-13(21)10-19-8-6-5-7-9-19/h4-10H2,1-3H3,(H,18,21)/p+1. The van der Waals surface area contributed by atoms with Crippen molar-refractivity contribution in [2.45, 2.75) is 40.0 Å². The summed E-state index contributed by atoms with van der Waals surface area (Å²) in [5.74, 6) is -0.752. The Bertz CT molecular complexity index is 633. The number of nitrogens with one attached hydrogen (secondary N) is 2. The highest BCUT2D eigenvalue weighted by molar-refractivity contribution is 7.18. The summed E-state index contributed by atoms with van der Waals surface area (Å²) in [4.78, 5) is 38.1. The second-order valence-corrected chi connectivity index (χ2v) is 7.09. The molecule has 0 aliphatic carbocycles. The van der Waals surface area contributed by atoms with Crippen molar-refractivity contribution >= 4 is 34.0 Å². The van der Waals surface area contributed by atoms with Gasteiger partial charge in [0.2, 0.25) is 0 Å². The molecule has 132 valence electrons. The lowest BCUT2D eigenvalue weighted by Crippen LogP contribution is -3.13. The molecule has 1 aliphatic heterocycles. The lowest BCUT2D eigenvalue weighted by molar-refractivity contribution is -0.896. The van der Waals surface area contributed by atoms with Crippen LogP contribution in [-0.4, -0.2) is 43.9 Å². The molecule has 1 fully saturated rings. The van der Waals surface area contributed by atoms with Gasteiger partial charge < -0.3 is 15.0 Å². The van der Waals surface area contributed by atoms with E-state index in [4.69, 9.17) is 4.74 Å². The third-order valence-electron chi connectivity index (χ3n) is 4.17. The van der Waals surface area contributed by atoms with Crippen LogP contribution in [0.3, 0.4) is 0 Å². The molecule has 24 heavy (non-hydrogen) atoms. The van der Waals surface area contributed by atoms with Crippen molar-refractivity contribution in [2.24, 2.45) is 0 Å². The Hall–Kier alpha value is -1.73. The zero-order chi connectivity index (χ0) is 17.7. The van der Waals surface area contributed by atoms with Gasteiger partial charge in [0.1, 0.15) is 5.00 Å². The Kier molecular flexibility index (Phi) is 6.51. The minimum atomic E-state index is -0.501. The van der Waals surface area contributed by atoms with Crippen molar-refractivity contribution in [1.29, 1.82) is 0 Å². The zero-order valence-corrected chi connectivity index (χ0v) is 15.3. The molecular formula is C17H25N2O4S+. The SMILES string of the molecule is CCOC(=O)c1c(NC(=O)C[NH+]2CCCCC2)sc(C(C)=O)c1C. The number of rotatable bonds is 6. The summed E-state index contributed by atoms with van der Waals surface area (Å²) in [7, 11) is 0. The molecule has 1 aromatic rings. The van der Waals surface area contributed by atoms with E-state index in [1.807, 2.05) is 0 Å². The number of amides is 1. The summed E-state index contributed by atoms with van der Waals surface area (Å²) in [6, 6.07) is 0. The lowest BCUT2D eigenvalue weighted by atomic mass is 10.1. The number of carbonyl (C=O) groups excluding carboxylic acids is 3. The fraction of sp³-hybridized carbons (Fsp3) is 0.588. The van der Waals surface area contributed by atoms with E-state index in [1.165, 1.54) is 18.2 Å². The van der Waals surface area contributed by atoms with Crippen LogP contribution in [0.1, 0.15) is 58.7 Å². The lowest BCUT2D eigenvalue weighted by Gasteiger charge is -2.22. The van der Waals surface area contributed by atoms with Gasteiger partial charge in [-0.05, 0) is 45.6 Å². The predicted molar refractivity (Wildman–Crippen MR) is 93.1 cm³/mol. The first-order valence-corrected chi connectivity index (χ1v) is 9.20. The molecule has 1 aromatic heterocycles. The Morgan fingerprint density at radius 3 is 2.46 bits per heavy atom. The molecule has 7 heteroatoms.